The molecule has 0 saturated carbocycles. The van der Waals surface area contributed by atoms with Crippen molar-refractivity contribution >= 4 is 17.2 Å². The molecule has 0 aliphatic heterocycles. The van der Waals surface area contributed by atoms with Gasteiger partial charge in [-0.05, 0) is 18.6 Å². The first-order valence-corrected chi connectivity index (χ1v) is 5.56. The van der Waals surface area contributed by atoms with Crippen LogP contribution in [0.15, 0.2) is 18.2 Å². The lowest BCUT2D eigenvalue weighted by molar-refractivity contribution is 0.586. The smallest absolute Gasteiger partial charge is 0.152 e. The zero-order chi connectivity index (χ0) is 13.3. The van der Waals surface area contributed by atoms with E-state index in [-0.39, 0.29) is 5.69 Å². The van der Waals surface area contributed by atoms with Crippen molar-refractivity contribution in [3.05, 3.63) is 35.5 Å². The molecule has 1 heterocycles. The number of nitrogen functional groups attached to an aromatic ring is 1. The number of anilines is 3. The summed E-state index contributed by atoms with van der Waals surface area (Å²) < 4.78 is 27.8. The minimum Gasteiger partial charge on any atom is -0.394 e. The molecule has 18 heavy (non-hydrogen) atoms. The third-order valence-electron chi connectivity index (χ3n) is 2.68. The van der Waals surface area contributed by atoms with Gasteiger partial charge >= 0.3 is 0 Å². The Morgan fingerprint density at radius 2 is 2.11 bits per heavy atom. The number of benzene rings is 1. The van der Waals surface area contributed by atoms with Crippen LogP contribution in [0.5, 0.6) is 0 Å². The molecule has 4 nitrogen and oxygen atoms in total. The van der Waals surface area contributed by atoms with Crippen LogP contribution in [0.1, 0.15) is 12.6 Å². The largest absolute Gasteiger partial charge is 0.394 e. The van der Waals surface area contributed by atoms with Crippen LogP contribution in [0.2, 0.25) is 0 Å². The van der Waals surface area contributed by atoms with Crippen LogP contribution in [0, 0.1) is 11.6 Å². The van der Waals surface area contributed by atoms with Gasteiger partial charge in [0.15, 0.2) is 5.82 Å². The summed E-state index contributed by atoms with van der Waals surface area (Å²) in [5.41, 5.74) is 7.28. The zero-order valence-electron chi connectivity index (χ0n) is 10.2. The third kappa shape index (κ3) is 2.13. The molecule has 1 aromatic carbocycles. The van der Waals surface area contributed by atoms with E-state index >= 15 is 0 Å². The van der Waals surface area contributed by atoms with Crippen LogP contribution < -0.4 is 11.1 Å². The highest BCUT2D eigenvalue weighted by molar-refractivity contribution is 5.71. The van der Waals surface area contributed by atoms with Crippen molar-refractivity contribution in [3.8, 4) is 0 Å². The number of hydrogen-bond donors (Lipinski definition) is 2. The van der Waals surface area contributed by atoms with Gasteiger partial charge in [0.05, 0.1) is 17.1 Å². The summed E-state index contributed by atoms with van der Waals surface area (Å²) in [7, 11) is 1.71. The monoisotopic (exact) mass is 252 g/mol. The first-order valence-electron chi connectivity index (χ1n) is 5.56. The van der Waals surface area contributed by atoms with Crippen LogP contribution >= 0.6 is 0 Å². The van der Waals surface area contributed by atoms with Gasteiger partial charge in [-0.3, -0.25) is 4.68 Å². The maximum absolute atomic E-state index is 13.5. The number of halogens is 2. The quantitative estimate of drug-likeness (QED) is 0.882. The highest BCUT2D eigenvalue weighted by Gasteiger charge is 2.13. The molecule has 0 aliphatic rings. The van der Waals surface area contributed by atoms with E-state index in [4.69, 9.17) is 5.73 Å². The highest BCUT2D eigenvalue weighted by Crippen LogP contribution is 2.27. The van der Waals surface area contributed by atoms with Crippen LogP contribution in [0.3, 0.4) is 0 Å². The van der Waals surface area contributed by atoms with Gasteiger partial charge in [0, 0.05) is 13.1 Å². The van der Waals surface area contributed by atoms with E-state index < -0.39 is 11.6 Å². The lowest BCUT2D eigenvalue weighted by atomic mass is 10.2. The second-order valence-corrected chi connectivity index (χ2v) is 3.94. The second kappa shape index (κ2) is 4.64. The first kappa shape index (κ1) is 12.3. The first-order chi connectivity index (χ1) is 8.52. The van der Waals surface area contributed by atoms with E-state index in [0.29, 0.717) is 17.9 Å². The standard InChI is InChI=1S/C12H14F2N4/c1-3-9-11(15)12(18(2)17-9)16-10-5-4-7(13)6-8(10)14/h4-6,16H,3,15H2,1-2H3. The number of nitrogens with one attached hydrogen (secondary N) is 1. The van der Waals surface area contributed by atoms with Gasteiger partial charge in [0.2, 0.25) is 0 Å². The molecule has 1 aromatic heterocycles. The fourth-order valence-corrected chi connectivity index (χ4v) is 1.72. The fourth-order valence-electron chi connectivity index (χ4n) is 1.72. The minimum absolute atomic E-state index is 0.161. The van der Waals surface area contributed by atoms with Crippen LogP contribution in [0.25, 0.3) is 0 Å². The predicted octanol–water partition coefficient (Wildman–Crippen LogP) is 2.59. The molecule has 0 fully saturated rings. The van der Waals surface area contributed by atoms with Gasteiger partial charge in [0.25, 0.3) is 0 Å². The summed E-state index contributed by atoms with van der Waals surface area (Å²) in [4.78, 5) is 0. The highest BCUT2D eigenvalue weighted by atomic mass is 19.1. The number of hydrogen-bond acceptors (Lipinski definition) is 3. The topological polar surface area (TPSA) is 55.9 Å². The molecule has 0 radical (unpaired) electrons. The molecule has 6 heteroatoms. The van der Waals surface area contributed by atoms with Gasteiger partial charge in [-0.15, -0.1) is 0 Å². The van der Waals surface area contributed by atoms with Crippen molar-refractivity contribution in [2.24, 2.45) is 7.05 Å². The van der Waals surface area contributed by atoms with Crippen LogP contribution in [-0.2, 0) is 13.5 Å². The molecule has 96 valence electrons. The summed E-state index contributed by atoms with van der Waals surface area (Å²) in [6, 6.07) is 3.32. The molecule has 0 aliphatic carbocycles. The average molecular weight is 252 g/mol. The number of nitrogens with zero attached hydrogens (tertiary/aromatic N) is 2. The number of aromatic nitrogens is 2. The molecular formula is C12H14F2N4. The summed E-state index contributed by atoms with van der Waals surface area (Å²) in [6.07, 6.45) is 0.688. The van der Waals surface area contributed by atoms with Crippen molar-refractivity contribution in [2.45, 2.75) is 13.3 Å². The second-order valence-electron chi connectivity index (χ2n) is 3.94. The van der Waals surface area contributed by atoms with Crippen molar-refractivity contribution in [2.75, 3.05) is 11.1 Å². The Morgan fingerprint density at radius 1 is 1.39 bits per heavy atom. The Balaban J connectivity index is 2.37. The Morgan fingerprint density at radius 3 is 2.67 bits per heavy atom. The third-order valence-corrected chi connectivity index (χ3v) is 2.68. The van der Waals surface area contributed by atoms with Crippen LogP contribution in [-0.4, -0.2) is 9.78 Å². The van der Waals surface area contributed by atoms with E-state index in [9.17, 15) is 8.78 Å². The van der Waals surface area contributed by atoms with Gasteiger partial charge in [0.1, 0.15) is 11.6 Å². The summed E-state index contributed by atoms with van der Waals surface area (Å²) in [5.74, 6) is -0.795. The number of aryl methyl sites for hydroxylation is 2. The molecule has 0 bridgehead atoms. The maximum atomic E-state index is 13.5. The SMILES string of the molecule is CCc1nn(C)c(Nc2ccc(F)cc2F)c1N. The average Bonchev–Trinajstić information content (AvgIpc) is 2.59. The molecule has 3 N–H and O–H groups in total. The predicted molar refractivity (Wildman–Crippen MR) is 66.6 cm³/mol. The Labute approximate surface area is 103 Å². The lowest BCUT2D eigenvalue weighted by Gasteiger charge is -2.08. The number of rotatable bonds is 3. The van der Waals surface area contributed by atoms with Gasteiger partial charge in [-0.1, -0.05) is 6.92 Å². The Kier molecular flexibility index (Phi) is 3.18. The van der Waals surface area contributed by atoms with E-state index in [2.05, 4.69) is 10.4 Å². The number of nitrogens with two attached hydrogens (primary N) is 1. The zero-order valence-corrected chi connectivity index (χ0v) is 10.2. The molecule has 0 spiro atoms. The summed E-state index contributed by atoms with van der Waals surface area (Å²) in [6.45, 7) is 1.93. The van der Waals surface area contributed by atoms with Crippen molar-refractivity contribution in [3.63, 3.8) is 0 Å². The molecule has 0 unspecified atom stereocenters. The van der Waals surface area contributed by atoms with E-state index in [1.165, 1.54) is 16.8 Å². The molecule has 2 rings (SSSR count). The molecule has 0 amide bonds. The fraction of sp³-hybridized carbons (Fsp3) is 0.250. The maximum Gasteiger partial charge on any atom is 0.152 e. The van der Waals surface area contributed by atoms with Crippen molar-refractivity contribution in [1.29, 1.82) is 0 Å². The van der Waals surface area contributed by atoms with Gasteiger partial charge in [-0.2, -0.15) is 5.10 Å². The summed E-state index contributed by atoms with van der Waals surface area (Å²) >= 11 is 0. The molecule has 0 saturated heterocycles. The summed E-state index contributed by atoms with van der Waals surface area (Å²) in [5, 5.41) is 7.03. The Bertz CT molecular complexity index is 578. The molecule has 0 atom stereocenters. The van der Waals surface area contributed by atoms with Crippen molar-refractivity contribution in [1.82, 2.24) is 9.78 Å². The lowest BCUT2D eigenvalue weighted by Crippen LogP contribution is -2.03. The van der Waals surface area contributed by atoms with Crippen molar-refractivity contribution < 1.29 is 8.78 Å². The van der Waals surface area contributed by atoms with Gasteiger partial charge in [-0.25, -0.2) is 8.78 Å². The van der Waals surface area contributed by atoms with E-state index in [0.717, 1.165) is 11.8 Å². The molecular weight excluding hydrogens is 238 g/mol. The molecule has 2 aromatic rings. The van der Waals surface area contributed by atoms with E-state index in [1.807, 2.05) is 6.92 Å². The van der Waals surface area contributed by atoms with Gasteiger partial charge < -0.3 is 11.1 Å². The van der Waals surface area contributed by atoms with Crippen LogP contribution in [0.4, 0.5) is 26.0 Å². The Hall–Kier alpha value is -2.11. The van der Waals surface area contributed by atoms with E-state index in [1.54, 1.807) is 7.05 Å². The minimum atomic E-state index is -0.673. The normalized spacial score (nSPS) is 10.7.